The standard InChI is InChI=1S/C20H17FN6O2/c1-12-3-6-14(7-4-12)10-27-11-17(24-26-27)18-23-20(29-25-18)19(28)22-15-8-5-13(2)16(21)9-15/h3-9,11H,10H2,1-2H3,(H,22,28). The molecule has 29 heavy (non-hydrogen) atoms. The summed E-state index contributed by atoms with van der Waals surface area (Å²) in [7, 11) is 0. The summed E-state index contributed by atoms with van der Waals surface area (Å²) in [6, 6.07) is 12.5. The molecule has 2 heterocycles. The first-order chi connectivity index (χ1) is 14.0. The van der Waals surface area contributed by atoms with Gasteiger partial charge in [-0.25, -0.2) is 9.07 Å². The van der Waals surface area contributed by atoms with Crippen LogP contribution in [0.1, 0.15) is 27.4 Å². The largest absolute Gasteiger partial charge is 0.328 e. The summed E-state index contributed by atoms with van der Waals surface area (Å²) >= 11 is 0. The minimum Gasteiger partial charge on any atom is -0.328 e. The molecule has 0 saturated carbocycles. The number of aromatic nitrogens is 5. The maximum atomic E-state index is 13.6. The second kappa shape index (κ2) is 7.63. The van der Waals surface area contributed by atoms with Gasteiger partial charge in [-0.05, 0) is 37.1 Å². The quantitative estimate of drug-likeness (QED) is 0.559. The van der Waals surface area contributed by atoms with Crippen molar-refractivity contribution in [3.8, 4) is 11.5 Å². The van der Waals surface area contributed by atoms with Gasteiger partial charge in [0.15, 0.2) is 5.69 Å². The van der Waals surface area contributed by atoms with Crippen molar-refractivity contribution >= 4 is 11.6 Å². The fourth-order valence-electron chi connectivity index (χ4n) is 2.63. The Labute approximate surface area is 165 Å². The van der Waals surface area contributed by atoms with Crippen LogP contribution in [0, 0.1) is 19.7 Å². The van der Waals surface area contributed by atoms with Crippen LogP contribution in [0.5, 0.6) is 0 Å². The van der Waals surface area contributed by atoms with E-state index in [1.54, 1.807) is 29.9 Å². The van der Waals surface area contributed by atoms with Crippen LogP contribution >= 0.6 is 0 Å². The maximum Gasteiger partial charge on any atom is 0.316 e. The summed E-state index contributed by atoms with van der Waals surface area (Å²) in [5, 5.41) is 14.4. The van der Waals surface area contributed by atoms with Gasteiger partial charge >= 0.3 is 11.8 Å². The number of anilines is 1. The summed E-state index contributed by atoms with van der Waals surface area (Å²) < 4.78 is 20.3. The van der Waals surface area contributed by atoms with Gasteiger partial charge in [-0.3, -0.25) is 4.79 Å². The van der Waals surface area contributed by atoms with Crippen LogP contribution < -0.4 is 5.32 Å². The van der Waals surface area contributed by atoms with Crippen molar-refractivity contribution < 1.29 is 13.7 Å². The SMILES string of the molecule is Cc1ccc(Cn2cc(-c3noc(C(=O)Nc4ccc(C)c(F)c4)n3)nn2)cc1. The van der Waals surface area contributed by atoms with Gasteiger partial charge in [0.25, 0.3) is 0 Å². The monoisotopic (exact) mass is 392 g/mol. The van der Waals surface area contributed by atoms with E-state index >= 15 is 0 Å². The Hall–Kier alpha value is -3.88. The summed E-state index contributed by atoms with van der Waals surface area (Å²) in [6.07, 6.45) is 1.67. The number of hydrogen-bond donors (Lipinski definition) is 1. The third-order valence-electron chi connectivity index (χ3n) is 4.28. The van der Waals surface area contributed by atoms with E-state index in [0.717, 1.165) is 5.56 Å². The van der Waals surface area contributed by atoms with E-state index < -0.39 is 11.7 Å². The van der Waals surface area contributed by atoms with Gasteiger partial charge in [-0.2, -0.15) is 4.98 Å². The van der Waals surface area contributed by atoms with Crippen LogP contribution in [-0.4, -0.2) is 31.0 Å². The van der Waals surface area contributed by atoms with E-state index in [2.05, 4.69) is 25.8 Å². The molecule has 0 atom stereocenters. The lowest BCUT2D eigenvalue weighted by atomic mass is 10.1. The predicted octanol–water partition coefficient (Wildman–Crippen LogP) is 3.38. The van der Waals surface area contributed by atoms with Crippen molar-refractivity contribution in [3.05, 3.63) is 77.1 Å². The van der Waals surface area contributed by atoms with Gasteiger partial charge in [0, 0.05) is 5.69 Å². The number of hydrogen-bond acceptors (Lipinski definition) is 6. The zero-order valence-electron chi connectivity index (χ0n) is 15.8. The molecule has 2 aromatic heterocycles. The lowest BCUT2D eigenvalue weighted by Gasteiger charge is -2.03. The topological polar surface area (TPSA) is 98.7 Å². The third-order valence-corrected chi connectivity index (χ3v) is 4.28. The third kappa shape index (κ3) is 4.18. The Bertz CT molecular complexity index is 1170. The number of carbonyl (C=O) groups is 1. The first-order valence-electron chi connectivity index (χ1n) is 8.85. The molecule has 1 N–H and O–H groups in total. The van der Waals surface area contributed by atoms with Gasteiger partial charge < -0.3 is 9.84 Å². The number of halogens is 1. The average Bonchev–Trinajstić information content (AvgIpc) is 3.36. The highest BCUT2D eigenvalue weighted by Gasteiger charge is 2.18. The van der Waals surface area contributed by atoms with E-state index in [1.165, 1.54) is 11.6 Å². The molecule has 2 aromatic carbocycles. The van der Waals surface area contributed by atoms with Crippen molar-refractivity contribution in [1.29, 1.82) is 0 Å². The number of nitrogens with one attached hydrogen (secondary N) is 1. The number of amides is 1. The summed E-state index contributed by atoms with van der Waals surface area (Å²) in [5.74, 6) is -1.17. The van der Waals surface area contributed by atoms with Gasteiger partial charge in [0.2, 0.25) is 5.82 Å². The average molecular weight is 392 g/mol. The zero-order valence-corrected chi connectivity index (χ0v) is 15.8. The molecule has 9 heteroatoms. The van der Waals surface area contributed by atoms with Gasteiger partial charge in [0.05, 0.1) is 12.7 Å². The first-order valence-corrected chi connectivity index (χ1v) is 8.85. The van der Waals surface area contributed by atoms with Crippen LogP contribution in [0.2, 0.25) is 0 Å². The molecule has 4 aromatic rings. The second-order valence-corrected chi connectivity index (χ2v) is 6.63. The summed E-state index contributed by atoms with van der Waals surface area (Å²) in [6.45, 7) is 4.20. The highest BCUT2D eigenvalue weighted by Crippen LogP contribution is 2.16. The van der Waals surface area contributed by atoms with Crippen molar-refractivity contribution in [2.75, 3.05) is 5.32 Å². The molecule has 0 fully saturated rings. The molecule has 0 bridgehead atoms. The highest BCUT2D eigenvalue weighted by molar-refractivity contribution is 6.01. The molecule has 0 radical (unpaired) electrons. The lowest BCUT2D eigenvalue weighted by Crippen LogP contribution is -2.12. The van der Waals surface area contributed by atoms with Gasteiger partial charge in [-0.1, -0.05) is 46.3 Å². The Kier molecular flexibility index (Phi) is 4.86. The molecule has 0 unspecified atom stereocenters. The fraction of sp³-hybridized carbons (Fsp3) is 0.150. The van der Waals surface area contributed by atoms with Crippen LogP contribution in [0.4, 0.5) is 10.1 Å². The molecule has 1 amide bonds. The Morgan fingerprint density at radius 3 is 2.72 bits per heavy atom. The number of rotatable bonds is 5. The summed E-state index contributed by atoms with van der Waals surface area (Å²) in [5.41, 5.74) is 3.41. The number of carbonyl (C=O) groups excluding carboxylic acids is 1. The van der Waals surface area contributed by atoms with Crippen molar-refractivity contribution in [2.24, 2.45) is 0 Å². The normalized spacial score (nSPS) is 10.9. The molecule has 146 valence electrons. The molecule has 0 aliphatic heterocycles. The van der Waals surface area contributed by atoms with Crippen molar-refractivity contribution in [2.45, 2.75) is 20.4 Å². The molecule has 0 saturated heterocycles. The maximum absolute atomic E-state index is 13.6. The van der Waals surface area contributed by atoms with Crippen LogP contribution in [-0.2, 0) is 6.54 Å². The van der Waals surface area contributed by atoms with Crippen LogP contribution in [0.15, 0.2) is 53.2 Å². The number of nitrogens with zero attached hydrogens (tertiary/aromatic N) is 5. The van der Waals surface area contributed by atoms with Crippen LogP contribution in [0.3, 0.4) is 0 Å². The van der Waals surface area contributed by atoms with E-state index in [9.17, 15) is 9.18 Å². The Morgan fingerprint density at radius 1 is 1.17 bits per heavy atom. The van der Waals surface area contributed by atoms with Crippen molar-refractivity contribution in [1.82, 2.24) is 25.1 Å². The molecule has 0 spiro atoms. The lowest BCUT2D eigenvalue weighted by molar-refractivity contribution is 0.0981. The number of benzene rings is 2. The van der Waals surface area contributed by atoms with Crippen LogP contribution in [0.25, 0.3) is 11.5 Å². The molecular formula is C20H17FN6O2. The smallest absolute Gasteiger partial charge is 0.316 e. The number of aryl methyl sites for hydroxylation is 2. The van der Waals surface area contributed by atoms with Crippen molar-refractivity contribution in [3.63, 3.8) is 0 Å². The zero-order chi connectivity index (χ0) is 20.4. The minimum absolute atomic E-state index is 0.139. The van der Waals surface area contributed by atoms with E-state index in [-0.39, 0.29) is 11.7 Å². The summed E-state index contributed by atoms with van der Waals surface area (Å²) in [4.78, 5) is 16.3. The molecule has 4 rings (SSSR count). The van der Waals surface area contributed by atoms with Gasteiger partial charge in [-0.15, -0.1) is 5.10 Å². The fourth-order valence-corrected chi connectivity index (χ4v) is 2.63. The molecule has 0 aliphatic rings. The molecular weight excluding hydrogens is 375 g/mol. The van der Waals surface area contributed by atoms with E-state index in [0.29, 0.717) is 23.5 Å². The second-order valence-electron chi connectivity index (χ2n) is 6.63. The van der Waals surface area contributed by atoms with E-state index in [1.807, 2.05) is 31.2 Å². The molecule has 0 aliphatic carbocycles. The minimum atomic E-state index is -0.640. The highest BCUT2D eigenvalue weighted by atomic mass is 19.1. The van der Waals surface area contributed by atoms with E-state index in [4.69, 9.17) is 4.52 Å². The first kappa shape index (κ1) is 18.5. The van der Waals surface area contributed by atoms with Gasteiger partial charge in [0.1, 0.15) is 5.82 Å². The Balaban J connectivity index is 1.46. The predicted molar refractivity (Wildman–Crippen MR) is 103 cm³/mol. The Morgan fingerprint density at radius 2 is 1.97 bits per heavy atom. The molecule has 8 nitrogen and oxygen atoms in total.